The maximum Gasteiger partial charge on any atom is 0.253 e. The van der Waals surface area contributed by atoms with Crippen molar-refractivity contribution in [1.82, 2.24) is 4.57 Å². The van der Waals surface area contributed by atoms with Crippen LogP contribution < -0.4 is 11.1 Å². The van der Waals surface area contributed by atoms with E-state index in [-0.39, 0.29) is 28.9 Å². The molecule has 6 rings (SSSR count). The summed E-state index contributed by atoms with van der Waals surface area (Å²) in [6.45, 7) is 0. The molecule has 2 fully saturated rings. The molecule has 1 aromatic carbocycles. The highest BCUT2D eigenvalue weighted by Crippen LogP contribution is 2.52. The largest absolute Gasteiger partial charge is 0.393 e. The molecule has 2 aromatic rings. The summed E-state index contributed by atoms with van der Waals surface area (Å²) in [6.07, 6.45) is 10.1. The molecule has 4 aliphatic carbocycles. The van der Waals surface area contributed by atoms with Gasteiger partial charge in [0.15, 0.2) is 5.78 Å². The number of anilines is 1. The molecule has 0 aliphatic heterocycles. The predicted octanol–water partition coefficient (Wildman–Crippen LogP) is 4.22. The number of aliphatic hydroxyl groups is 1. The minimum Gasteiger partial charge on any atom is -0.393 e. The molecule has 6 nitrogen and oxygen atoms in total. The summed E-state index contributed by atoms with van der Waals surface area (Å²) in [5.74, 6) is -1.20. The Balaban J connectivity index is 1.47. The van der Waals surface area contributed by atoms with Crippen LogP contribution in [0.1, 0.15) is 95.5 Å². The predicted molar refractivity (Wildman–Crippen MR) is 127 cm³/mol. The van der Waals surface area contributed by atoms with Gasteiger partial charge in [0, 0.05) is 29.4 Å². The van der Waals surface area contributed by atoms with Crippen molar-refractivity contribution < 1.29 is 19.1 Å². The number of fused-ring (bicyclic) bond motifs is 3. The fraction of sp³-hybridized carbons (Fsp3) is 0.556. The number of carbonyl (C=O) groups excluding carboxylic acids is 2. The molecule has 0 unspecified atom stereocenters. The van der Waals surface area contributed by atoms with Gasteiger partial charge in [0.1, 0.15) is 5.82 Å². The molecular formula is C27H32FN3O3. The van der Waals surface area contributed by atoms with Crippen LogP contribution in [0.3, 0.4) is 0 Å². The van der Waals surface area contributed by atoms with Gasteiger partial charge >= 0.3 is 0 Å². The smallest absolute Gasteiger partial charge is 0.253 e. The lowest BCUT2D eigenvalue weighted by atomic mass is 9.60. The quantitative estimate of drug-likeness (QED) is 0.630. The summed E-state index contributed by atoms with van der Waals surface area (Å²) in [5, 5.41) is 13.2. The van der Waals surface area contributed by atoms with E-state index in [1.807, 2.05) is 6.07 Å². The number of halogens is 1. The average Bonchev–Trinajstić information content (AvgIpc) is 3.33. The van der Waals surface area contributed by atoms with Crippen molar-refractivity contribution in [2.45, 2.75) is 89.2 Å². The lowest BCUT2D eigenvalue weighted by molar-refractivity contribution is 0.0703. The molecule has 4 N–H and O–H groups in total. The van der Waals surface area contributed by atoms with E-state index in [1.54, 1.807) is 0 Å². The van der Waals surface area contributed by atoms with Crippen LogP contribution in [0.25, 0.3) is 5.69 Å². The number of Topliss-reactive ketones (excluding diaryl/α,β-unsaturated/α-hetero) is 1. The topological polar surface area (TPSA) is 97.4 Å². The van der Waals surface area contributed by atoms with Crippen LogP contribution in [0.4, 0.5) is 10.1 Å². The normalized spacial score (nSPS) is 25.1. The third-order valence-corrected chi connectivity index (χ3v) is 8.73. The highest BCUT2D eigenvalue weighted by atomic mass is 19.1. The SMILES string of the molecule is NC(=O)c1c(F)cc(-n2c3c(c4c2CC2(CCC2)CC4=O)CCC3)cc1NC1CCC(O)CC1. The average molecular weight is 466 g/mol. The van der Waals surface area contributed by atoms with Gasteiger partial charge in [-0.2, -0.15) is 0 Å². The van der Waals surface area contributed by atoms with E-state index in [1.165, 1.54) is 6.07 Å². The number of rotatable bonds is 4. The first-order chi connectivity index (χ1) is 16.3. The standard InChI is InChI=1S/C27H32FN3O3/c28-19-11-16(12-20(25(19)26(29)34)30-15-5-7-17(32)8-6-15)31-21-4-1-3-18(21)24-22(31)13-27(9-2-10-27)14-23(24)33/h11-12,15,17,30,32H,1-10,13-14H2,(H2,29,34). The number of benzene rings is 1. The summed E-state index contributed by atoms with van der Waals surface area (Å²) < 4.78 is 17.5. The summed E-state index contributed by atoms with van der Waals surface area (Å²) >= 11 is 0. The number of aromatic nitrogens is 1. The zero-order valence-corrected chi connectivity index (χ0v) is 19.5. The van der Waals surface area contributed by atoms with Crippen molar-refractivity contribution in [3.05, 3.63) is 46.0 Å². The number of hydrogen-bond acceptors (Lipinski definition) is 4. The number of hydrogen-bond donors (Lipinski definition) is 3. The molecule has 34 heavy (non-hydrogen) atoms. The molecular weight excluding hydrogens is 433 g/mol. The second kappa shape index (κ2) is 7.94. The number of nitrogens with zero attached hydrogens (tertiary/aromatic N) is 1. The van der Waals surface area contributed by atoms with Crippen LogP contribution in [0, 0.1) is 11.2 Å². The summed E-state index contributed by atoms with van der Waals surface area (Å²) in [7, 11) is 0. The maximum atomic E-state index is 15.4. The lowest BCUT2D eigenvalue weighted by Gasteiger charge is -2.44. The fourth-order valence-corrected chi connectivity index (χ4v) is 6.90. The monoisotopic (exact) mass is 465 g/mol. The highest BCUT2D eigenvalue weighted by molar-refractivity contribution is 6.02. The number of carbonyl (C=O) groups is 2. The van der Waals surface area contributed by atoms with E-state index >= 15 is 4.39 Å². The Morgan fingerprint density at radius 3 is 2.53 bits per heavy atom. The molecule has 1 amide bonds. The minimum absolute atomic E-state index is 0.0419. The van der Waals surface area contributed by atoms with Crippen LogP contribution in [-0.2, 0) is 19.3 Å². The van der Waals surface area contributed by atoms with Gasteiger partial charge in [-0.05, 0) is 87.3 Å². The summed E-state index contributed by atoms with van der Waals surface area (Å²) in [4.78, 5) is 25.5. The van der Waals surface area contributed by atoms with Crippen LogP contribution >= 0.6 is 0 Å². The number of aliphatic hydroxyl groups excluding tert-OH is 1. The van der Waals surface area contributed by atoms with E-state index in [9.17, 15) is 14.7 Å². The first-order valence-corrected chi connectivity index (χ1v) is 12.7. The number of nitrogens with one attached hydrogen (secondary N) is 1. The van der Waals surface area contributed by atoms with Crippen molar-refractivity contribution in [3.63, 3.8) is 0 Å². The van der Waals surface area contributed by atoms with Gasteiger partial charge in [0.05, 0.1) is 23.0 Å². The van der Waals surface area contributed by atoms with Gasteiger partial charge in [-0.25, -0.2) is 4.39 Å². The van der Waals surface area contributed by atoms with Crippen LogP contribution in [-0.4, -0.2) is 33.5 Å². The summed E-state index contributed by atoms with van der Waals surface area (Å²) in [5.41, 5.74) is 10.7. The highest BCUT2D eigenvalue weighted by Gasteiger charge is 2.46. The first-order valence-electron chi connectivity index (χ1n) is 12.7. The molecule has 0 atom stereocenters. The molecule has 0 saturated heterocycles. The Labute approximate surface area is 198 Å². The van der Waals surface area contributed by atoms with Crippen molar-refractivity contribution in [3.8, 4) is 5.69 Å². The van der Waals surface area contributed by atoms with Crippen molar-refractivity contribution in [2.24, 2.45) is 11.1 Å². The molecule has 7 heteroatoms. The van der Waals surface area contributed by atoms with Gasteiger partial charge in [0.2, 0.25) is 0 Å². The van der Waals surface area contributed by atoms with E-state index in [2.05, 4.69) is 9.88 Å². The zero-order valence-electron chi connectivity index (χ0n) is 19.5. The van der Waals surface area contributed by atoms with E-state index in [0.29, 0.717) is 30.6 Å². The van der Waals surface area contributed by atoms with Crippen LogP contribution in [0.5, 0.6) is 0 Å². The molecule has 1 heterocycles. The second-order valence-corrected chi connectivity index (χ2v) is 10.9. The van der Waals surface area contributed by atoms with Gasteiger partial charge in [-0.1, -0.05) is 6.42 Å². The Bertz CT molecular complexity index is 1190. The molecule has 1 spiro atoms. The van der Waals surface area contributed by atoms with E-state index in [0.717, 1.165) is 80.3 Å². The van der Waals surface area contributed by atoms with E-state index in [4.69, 9.17) is 5.73 Å². The minimum atomic E-state index is -0.800. The maximum absolute atomic E-state index is 15.4. The number of ketones is 1. The van der Waals surface area contributed by atoms with Gasteiger partial charge in [-0.15, -0.1) is 0 Å². The molecule has 4 aliphatic rings. The number of amides is 1. The molecule has 0 bridgehead atoms. The molecule has 1 aromatic heterocycles. The van der Waals surface area contributed by atoms with Gasteiger partial charge < -0.3 is 20.7 Å². The fourth-order valence-electron chi connectivity index (χ4n) is 6.90. The Morgan fingerprint density at radius 2 is 1.85 bits per heavy atom. The van der Waals surface area contributed by atoms with Gasteiger partial charge in [-0.3, -0.25) is 9.59 Å². The zero-order chi connectivity index (χ0) is 23.6. The van der Waals surface area contributed by atoms with Gasteiger partial charge in [0.25, 0.3) is 5.91 Å². The summed E-state index contributed by atoms with van der Waals surface area (Å²) in [6, 6.07) is 3.28. The molecule has 2 saturated carbocycles. The van der Waals surface area contributed by atoms with Crippen molar-refractivity contribution >= 4 is 17.4 Å². The Hall–Kier alpha value is -2.67. The first kappa shape index (κ1) is 21.8. The van der Waals surface area contributed by atoms with E-state index < -0.39 is 11.7 Å². The second-order valence-electron chi connectivity index (χ2n) is 10.9. The number of nitrogens with two attached hydrogens (primary N) is 1. The van der Waals surface area contributed by atoms with Crippen LogP contribution in [0.15, 0.2) is 12.1 Å². The Morgan fingerprint density at radius 1 is 1.09 bits per heavy atom. The third-order valence-electron chi connectivity index (χ3n) is 8.73. The van der Waals surface area contributed by atoms with Crippen LogP contribution in [0.2, 0.25) is 0 Å². The number of primary amides is 1. The Kier molecular flexibility index (Phi) is 5.10. The molecule has 0 radical (unpaired) electrons. The van der Waals surface area contributed by atoms with Crippen molar-refractivity contribution in [2.75, 3.05) is 5.32 Å². The van der Waals surface area contributed by atoms with Crippen molar-refractivity contribution in [1.29, 1.82) is 0 Å². The molecule has 180 valence electrons. The third kappa shape index (κ3) is 3.39. The lowest BCUT2D eigenvalue weighted by Crippen LogP contribution is -2.39.